The van der Waals surface area contributed by atoms with Crippen LogP contribution in [0, 0.1) is 0 Å². The largest absolute Gasteiger partial charge is 0.455 e. The monoisotopic (exact) mass is 735 g/mol. The molecule has 0 aliphatic carbocycles. The van der Waals surface area contributed by atoms with Gasteiger partial charge in [0, 0.05) is 53.6 Å². The van der Waals surface area contributed by atoms with Crippen molar-refractivity contribution in [3.05, 3.63) is 200 Å². The number of benzene rings is 8. The minimum Gasteiger partial charge on any atom is -0.455 e. The molecule has 266 valence electrons. The summed E-state index contributed by atoms with van der Waals surface area (Å²) >= 11 is 1.85. The summed E-state index contributed by atoms with van der Waals surface area (Å²) in [6.45, 7) is 6.08. The van der Waals surface area contributed by atoms with E-state index in [1.165, 1.54) is 47.6 Å². The molecule has 10 rings (SSSR count). The van der Waals surface area contributed by atoms with Crippen LogP contribution in [-0.2, 0) is 0 Å². The van der Waals surface area contributed by atoms with Crippen LogP contribution < -0.4 is 4.90 Å². The predicted octanol–water partition coefficient (Wildman–Crippen LogP) is 16.1. The summed E-state index contributed by atoms with van der Waals surface area (Å²) in [5, 5.41) is 6.12. The smallest absolute Gasteiger partial charge is 0.143 e. The Bertz CT molecular complexity index is 3120. The molecule has 0 radical (unpaired) electrons. The third kappa shape index (κ3) is 5.81. The van der Waals surface area contributed by atoms with Gasteiger partial charge in [0.15, 0.2) is 0 Å². The zero-order valence-corrected chi connectivity index (χ0v) is 31.8. The number of thiophene rings is 1. The van der Waals surface area contributed by atoms with Crippen molar-refractivity contribution >= 4 is 82.5 Å². The highest BCUT2D eigenvalue weighted by Crippen LogP contribution is 2.44. The number of allylic oxidation sites excluding steroid dienone is 1. The molecule has 0 atom stereocenters. The molecule has 0 spiro atoms. The van der Waals surface area contributed by atoms with Crippen LogP contribution in [0.2, 0.25) is 0 Å². The van der Waals surface area contributed by atoms with E-state index in [4.69, 9.17) is 4.42 Å². The molecular weight excluding hydrogens is 699 g/mol. The van der Waals surface area contributed by atoms with Crippen molar-refractivity contribution in [1.82, 2.24) is 0 Å². The molecule has 2 nitrogen and oxygen atoms in total. The average Bonchev–Trinajstić information content (AvgIpc) is 3.81. The summed E-state index contributed by atoms with van der Waals surface area (Å²) in [4.78, 5) is 2.39. The van der Waals surface area contributed by atoms with Crippen LogP contribution in [-0.4, -0.2) is 0 Å². The Kier molecular flexibility index (Phi) is 8.43. The van der Waals surface area contributed by atoms with Crippen LogP contribution >= 0.6 is 11.3 Å². The molecule has 0 saturated carbocycles. The van der Waals surface area contributed by atoms with Crippen molar-refractivity contribution in [3.8, 4) is 33.4 Å². The first-order chi connectivity index (χ1) is 27.7. The normalized spacial score (nSPS) is 11.7. The second-order valence-electron chi connectivity index (χ2n) is 14.1. The summed E-state index contributed by atoms with van der Waals surface area (Å²) in [5.74, 6) is 0.823. The summed E-state index contributed by atoms with van der Waals surface area (Å²) in [6.07, 6.45) is 5.89. The molecule has 0 aliphatic heterocycles. The number of fused-ring (bicyclic) bond motifs is 5. The van der Waals surface area contributed by atoms with Crippen molar-refractivity contribution < 1.29 is 4.42 Å². The highest BCUT2D eigenvalue weighted by molar-refractivity contribution is 7.25. The quantitative estimate of drug-likeness (QED) is 0.154. The lowest BCUT2D eigenvalue weighted by Crippen LogP contribution is -2.11. The minimum atomic E-state index is 0.823. The third-order valence-electron chi connectivity index (χ3n) is 10.8. The van der Waals surface area contributed by atoms with E-state index < -0.39 is 0 Å². The number of para-hydroxylation sites is 2. The molecule has 2 heterocycles. The Hall–Kier alpha value is -6.94. The number of rotatable bonds is 8. The van der Waals surface area contributed by atoms with Gasteiger partial charge in [0.25, 0.3) is 0 Å². The van der Waals surface area contributed by atoms with Crippen LogP contribution in [0.4, 0.5) is 17.1 Å². The van der Waals surface area contributed by atoms with Crippen LogP contribution in [0.25, 0.3) is 87.4 Å². The van der Waals surface area contributed by atoms with Gasteiger partial charge in [-0.15, -0.1) is 11.3 Å². The van der Waals surface area contributed by atoms with E-state index in [0.717, 1.165) is 56.0 Å². The van der Waals surface area contributed by atoms with Crippen LogP contribution in [0.5, 0.6) is 0 Å². The molecule has 0 bridgehead atoms. The standard InChI is InChI=1S/C53H37NOS/c1-3-13-50-43(4-2)47-21-12-20-45(53(47)55-50)36-26-29-41(30-27-36)54(49-22-9-7-18-44(49)40-25-24-35-14-5-6-15-37(35)32-40)42-17-11-16-38(33-42)39-28-31-52-48(34-39)46-19-8-10-23-51(46)56-52/h3-34H,2H2,1H3/b13-3-. The summed E-state index contributed by atoms with van der Waals surface area (Å²) in [7, 11) is 0. The van der Waals surface area contributed by atoms with E-state index in [9.17, 15) is 0 Å². The SMILES string of the molecule is C=Cc1c(/C=C\C)oc2c(-c3ccc(N(c4cccc(-c5ccc6sc7ccccc7c6c5)c4)c4ccccc4-c4ccc5ccccc5c4)cc3)cccc12. The number of hydrogen-bond acceptors (Lipinski definition) is 3. The Labute approximate surface area is 330 Å². The fourth-order valence-electron chi connectivity index (χ4n) is 8.09. The molecule has 0 saturated heterocycles. The van der Waals surface area contributed by atoms with Gasteiger partial charge in [0.2, 0.25) is 0 Å². The zero-order valence-electron chi connectivity index (χ0n) is 30.9. The van der Waals surface area contributed by atoms with Gasteiger partial charge in [-0.05, 0) is 101 Å². The first-order valence-electron chi connectivity index (χ1n) is 19.0. The maximum Gasteiger partial charge on any atom is 0.143 e. The van der Waals surface area contributed by atoms with Crippen molar-refractivity contribution in [3.63, 3.8) is 0 Å². The van der Waals surface area contributed by atoms with Crippen LogP contribution in [0.3, 0.4) is 0 Å². The Balaban J connectivity index is 1.13. The van der Waals surface area contributed by atoms with Crippen molar-refractivity contribution in [2.45, 2.75) is 6.92 Å². The lowest BCUT2D eigenvalue weighted by atomic mass is 9.97. The third-order valence-corrected chi connectivity index (χ3v) is 11.9. The average molecular weight is 736 g/mol. The lowest BCUT2D eigenvalue weighted by Gasteiger charge is -2.28. The number of nitrogens with zero attached hydrogens (tertiary/aromatic N) is 1. The second kappa shape index (κ2) is 14.0. The van der Waals surface area contributed by atoms with E-state index in [-0.39, 0.29) is 0 Å². The van der Waals surface area contributed by atoms with Crippen molar-refractivity contribution in [2.75, 3.05) is 4.90 Å². The molecule has 0 aliphatic rings. The van der Waals surface area contributed by atoms with Crippen molar-refractivity contribution in [2.24, 2.45) is 0 Å². The molecule has 56 heavy (non-hydrogen) atoms. The summed E-state index contributed by atoms with van der Waals surface area (Å²) < 4.78 is 9.08. The maximum atomic E-state index is 6.46. The van der Waals surface area contributed by atoms with E-state index in [2.05, 4.69) is 187 Å². The van der Waals surface area contributed by atoms with E-state index in [1.807, 2.05) is 36.5 Å². The van der Waals surface area contributed by atoms with Crippen LogP contribution in [0.1, 0.15) is 18.2 Å². The minimum absolute atomic E-state index is 0.823. The Morgan fingerprint density at radius 1 is 0.518 bits per heavy atom. The summed E-state index contributed by atoms with van der Waals surface area (Å²) in [6, 6.07) is 63.8. The van der Waals surface area contributed by atoms with Gasteiger partial charge >= 0.3 is 0 Å². The topological polar surface area (TPSA) is 16.4 Å². The van der Waals surface area contributed by atoms with Gasteiger partial charge in [-0.25, -0.2) is 0 Å². The molecule has 0 unspecified atom stereocenters. The number of hydrogen-bond donors (Lipinski definition) is 0. The Morgan fingerprint density at radius 2 is 1.21 bits per heavy atom. The molecule has 0 N–H and O–H groups in total. The number of anilines is 3. The van der Waals surface area contributed by atoms with Gasteiger partial charge in [0.1, 0.15) is 11.3 Å². The Morgan fingerprint density at radius 3 is 2.09 bits per heavy atom. The molecule has 8 aromatic carbocycles. The van der Waals surface area contributed by atoms with Crippen LogP contribution in [0.15, 0.2) is 193 Å². The van der Waals surface area contributed by atoms with E-state index in [0.29, 0.717) is 0 Å². The van der Waals surface area contributed by atoms with Gasteiger partial charge in [-0.1, -0.05) is 140 Å². The molecule has 3 heteroatoms. The van der Waals surface area contributed by atoms with E-state index >= 15 is 0 Å². The van der Waals surface area contributed by atoms with Gasteiger partial charge in [-0.2, -0.15) is 0 Å². The number of furan rings is 1. The maximum absolute atomic E-state index is 6.46. The van der Waals surface area contributed by atoms with E-state index in [1.54, 1.807) is 0 Å². The first-order valence-corrected chi connectivity index (χ1v) is 19.8. The molecule has 0 amide bonds. The first kappa shape index (κ1) is 33.6. The van der Waals surface area contributed by atoms with Gasteiger partial charge in [0.05, 0.1) is 5.69 Å². The highest BCUT2D eigenvalue weighted by Gasteiger charge is 2.20. The molecule has 2 aromatic heterocycles. The highest BCUT2D eigenvalue weighted by atomic mass is 32.1. The summed E-state index contributed by atoms with van der Waals surface area (Å²) in [5.41, 5.74) is 12.0. The van der Waals surface area contributed by atoms with Crippen molar-refractivity contribution in [1.29, 1.82) is 0 Å². The molecule has 10 aromatic rings. The lowest BCUT2D eigenvalue weighted by molar-refractivity contribution is 0.604. The van der Waals surface area contributed by atoms with Gasteiger partial charge in [-0.3, -0.25) is 0 Å². The zero-order chi connectivity index (χ0) is 37.6. The molecule has 0 fully saturated rings. The fraction of sp³-hybridized carbons (Fsp3) is 0.0189. The fourth-order valence-corrected chi connectivity index (χ4v) is 9.17. The predicted molar refractivity (Wildman–Crippen MR) is 242 cm³/mol. The van der Waals surface area contributed by atoms with Gasteiger partial charge < -0.3 is 9.32 Å². The second-order valence-corrected chi connectivity index (χ2v) is 15.2. The molecular formula is C53H37NOS.